The molecule has 5 heteroatoms. The monoisotopic (exact) mass is 339 g/mol. The fourth-order valence-electron chi connectivity index (χ4n) is 2.49. The Balaban J connectivity index is 2.18. The summed E-state index contributed by atoms with van der Waals surface area (Å²) in [4.78, 5) is 14.8. The van der Waals surface area contributed by atoms with Gasteiger partial charge in [-0.3, -0.25) is 4.79 Å². The molecule has 0 saturated heterocycles. The lowest BCUT2D eigenvalue weighted by Crippen LogP contribution is -2.26. The number of methoxy groups -OCH3 is 2. The molecule has 0 radical (unpaired) electrons. The molecule has 1 heterocycles. The van der Waals surface area contributed by atoms with Gasteiger partial charge in [0.2, 0.25) is 5.56 Å². The number of H-pyrrole nitrogens is 1. The van der Waals surface area contributed by atoms with Crippen molar-refractivity contribution >= 4 is 24.0 Å². The average Bonchev–Trinajstić information content (AvgIpc) is 2.62. The SMILES string of the molecule is COc1cccc(P(c2cccc(OC)c2)c2cccc(=O)[nH]2)c1. The van der Waals surface area contributed by atoms with Crippen LogP contribution in [0, 0.1) is 0 Å². The summed E-state index contributed by atoms with van der Waals surface area (Å²) in [6.45, 7) is 0. The van der Waals surface area contributed by atoms with Crippen LogP contribution in [-0.4, -0.2) is 19.2 Å². The molecular weight excluding hydrogens is 321 g/mol. The molecule has 3 aromatic rings. The maximum Gasteiger partial charge on any atom is 0.248 e. The summed E-state index contributed by atoms with van der Waals surface area (Å²) < 4.78 is 10.7. The predicted molar refractivity (Wildman–Crippen MR) is 98.9 cm³/mol. The highest BCUT2D eigenvalue weighted by Gasteiger charge is 2.18. The van der Waals surface area contributed by atoms with Crippen LogP contribution in [0.2, 0.25) is 0 Å². The summed E-state index contributed by atoms with van der Waals surface area (Å²) in [5, 5.41) is 2.19. The first kappa shape index (κ1) is 16.3. The molecule has 0 aliphatic heterocycles. The van der Waals surface area contributed by atoms with Gasteiger partial charge in [-0.05, 0) is 40.9 Å². The van der Waals surface area contributed by atoms with E-state index < -0.39 is 7.92 Å². The van der Waals surface area contributed by atoms with Gasteiger partial charge in [-0.15, -0.1) is 0 Å². The largest absolute Gasteiger partial charge is 0.497 e. The van der Waals surface area contributed by atoms with Gasteiger partial charge in [0.05, 0.1) is 19.7 Å². The smallest absolute Gasteiger partial charge is 0.248 e. The van der Waals surface area contributed by atoms with E-state index in [2.05, 4.69) is 17.1 Å². The third-order valence-corrected chi connectivity index (χ3v) is 5.95. The summed E-state index contributed by atoms with van der Waals surface area (Å²) in [5.41, 5.74) is 0.782. The minimum Gasteiger partial charge on any atom is -0.497 e. The Labute approximate surface area is 141 Å². The number of rotatable bonds is 5. The molecule has 0 unspecified atom stereocenters. The first-order valence-corrected chi connectivity index (χ1v) is 8.83. The number of hydrogen-bond acceptors (Lipinski definition) is 3. The van der Waals surface area contributed by atoms with Crippen molar-refractivity contribution in [2.45, 2.75) is 0 Å². The van der Waals surface area contributed by atoms with E-state index in [-0.39, 0.29) is 5.56 Å². The van der Waals surface area contributed by atoms with Crippen molar-refractivity contribution < 1.29 is 9.47 Å². The minimum atomic E-state index is -0.922. The number of nitrogens with one attached hydrogen (secondary N) is 1. The number of aromatic nitrogens is 1. The van der Waals surface area contributed by atoms with E-state index in [1.54, 1.807) is 20.3 Å². The van der Waals surface area contributed by atoms with Crippen molar-refractivity contribution in [1.29, 1.82) is 0 Å². The predicted octanol–water partition coefficient (Wildman–Crippen LogP) is 2.15. The average molecular weight is 339 g/mol. The van der Waals surface area contributed by atoms with Crippen molar-refractivity contribution in [3.8, 4) is 11.5 Å². The molecular formula is C19H18NO3P. The molecule has 0 aliphatic rings. The molecule has 1 aromatic heterocycles. The van der Waals surface area contributed by atoms with E-state index in [0.29, 0.717) is 0 Å². The first-order valence-electron chi connectivity index (χ1n) is 7.49. The quantitative estimate of drug-likeness (QED) is 0.725. The highest BCUT2D eigenvalue weighted by atomic mass is 31.1. The van der Waals surface area contributed by atoms with Crippen LogP contribution >= 0.6 is 7.92 Å². The van der Waals surface area contributed by atoms with E-state index in [1.165, 1.54) is 6.07 Å². The fraction of sp³-hybridized carbons (Fsp3) is 0.105. The number of aromatic amines is 1. The van der Waals surface area contributed by atoms with Crippen molar-refractivity contribution in [2.24, 2.45) is 0 Å². The minimum absolute atomic E-state index is 0.106. The first-order chi connectivity index (χ1) is 11.7. The third-order valence-electron chi connectivity index (χ3n) is 3.62. The number of ether oxygens (including phenoxy) is 2. The molecule has 24 heavy (non-hydrogen) atoms. The lowest BCUT2D eigenvalue weighted by atomic mass is 10.3. The van der Waals surface area contributed by atoms with Crippen LogP contribution in [0.15, 0.2) is 71.5 Å². The van der Waals surface area contributed by atoms with Crippen LogP contribution in [0.1, 0.15) is 0 Å². The van der Waals surface area contributed by atoms with E-state index in [0.717, 1.165) is 27.5 Å². The van der Waals surface area contributed by atoms with Gasteiger partial charge in [0.1, 0.15) is 11.5 Å². The maximum atomic E-state index is 11.8. The lowest BCUT2D eigenvalue weighted by molar-refractivity contribution is 0.415. The van der Waals surface area contributed by atoms with Crippen LogP contribution in [0.3, 0.4) is 0 Å². The van der Waals surface area contributed by atoms with Gasteiger partial charge in [-0.25, -0.2) is 0 Å². The molecule has 0 spiro atoms. The molecule has 0 amide bonds. The zero-order chi connectivity index (χ0) is 16.9. The molecule has 4 nitrogen and oxygen atoms in total. The Morgan fingerprint density at radius 1 is 0.792 bits per heavy atom. The summed E-state index contributed by atoms with van der Waals surface area (Å²) in [5.74, 6) is 1.59. The van der Waals surface area contributed by atoms with Crippen LogP contribution in [0.25, 0.3) is 0 Å². The zero-order valence-corrected chi connectivity index (χ0v) is 14.4. The number of pyridine rings is 1. The summed E-state index contributed by atoms with van der Waals surface area (Å²) in [6, 6.07) is 21.1. The highest BCUT2D eigenvalue weighted by Crippen LogP contribution is 2.33. The molecule has 0 fully saturated rings. The van der Waals surface area contributed by atoms with Gasteiger partial charge in [-0.1, -0.05) is 30.3 Å². The standard InChI is InChI=1S/C19H18NO3P/c1-22-14-6-3-8-16(12-14)24(19-11-5-10-18(21)20-19)17-9-4-7-15(13-17)23-2/h3-13H,1-2H3,(H,20,21). The molecule has 0 atom stereocenters. The second-order valence-electron chi connectivity index (χ2n) is 5.14. The number of hydrogen-bond donors (Lipinski definition) is 1. The Morgan fingerprint density at radius 3 is 1.83 bits per heavy atom. The number of benzene rings is 2. The molecule has 3 rings (SSSR count). The highest BCUT2D eigenvalue weighted by molar-refractivity contribution is 7.79. The maximum absolute atomic E-state index is 11.8. The Morgan fingerprint density at radius 2 is 1.33 bits per heavy atom. The Bertz CT molecular complexity index is 844. The molecule has 122 valence electrons. The normalized spacial score (nSPS) is 10.6. The van der Waals surface area contributed by atoms with Crippen molar-refractivity contribution in [2.75, 3.05) is 14.2 Å². The van der Waals surface area contributed by atoms with Crippen molar-refractivity contribution in [3.05, 3.63) is 77.1 Å². The molecule has 0 aliphatic carbocycles. The summed E-state index contributed by atoms with van der Waals surface area (Å²) in [6.07, 6.45) is 0. The van der Waals surface area contributed by atoms with Gasteiger partial charge in [-0.2, -0.15) is 0 Å². The summed E-state index contributed by atoms with van der Waals surface area (Å²) >= 11 is 0. The Hall–Kier alpha value is -2.58. The van der Waals surface area contributed by atoms with Crippen LogP contribution in [0.5, 0.6) is 11.5 Å². The van der Waals surface area contributed by atoms with E-state index in [9.17, 15) is 4.79 Å². The van der Waals surface area contributed by atoms with Crippen LogP contribution < -0.4 is 31.1 Å². The van der Waals surface area contributed by atoms with E-state index in [4.69, 9.17) is 9.47 Å². The Kier molecular flexibility index (Phi) is 4.97. The molecule has 2 aromatic carbocycles. The van der Waals surface area contributed by atoms with E-state index >= 15 is 0 Å². The molecule has 1 N–H and O–H groups in total. The topological polar surface area (TPSA) is 51.3 Å². The van der Waals surface area contributed by atoms with Gasteiger partial charge in [0, 0.05) is 14.0 Å². The van der Waals surface area contributed by atoms with Gasteiger partial charge < -0.3 is 14.5 Å². The zero-order valence-electron chi connectivity index (χ0n) is 13.5. The van der Waals surface area contributed by atoms with E-state index in [1.807, 2.05) is 42.5 Å². The molecule has 0 bridgehead atoms. The van der Waals surface area contributed by atoms with Crippen molar-refractivity contribution in [1.82, 2.24) is 4.98 Å². The van der Waals surface area contributed by atoms with Crippen LogP contribution in [0.4, 0.5) is 0 Å². The second-order valence-corrected chi connectivity index (χ2v) is 7.32. The van der Waals surface area contributed by atoms with Gasteiger partial charge in [0.25, 0.3) is 0 Å². The van der Waals surface area contributed by atoms with Gasteiger partial charge in [0.15, 0.2) is 0 Å². The van der Waals surface area contributed by atoms with Crippen LogP contribution in [-0.2, 0) is 0 Å². The third kappa shape index (κ3) is 3.50. The second kappa shape index (κ2) is 7.33. The molecule has 0 saturated carbocycles. The lowest BCUT2D eigenvalue weighted by Gasteiger charge is -2.19. The van der Waals surface area contributed by atoms with Crippen molar-refractivity contribution in [3.63, 3.8) is 0 Å². The summed E-state index contributed by atoms with van der Waals surface area (Å²) in [7, 11) is 2.38. The van der Waals surface area contributed by atoms with Gasteiger partial charge >= 0.3 is 0 Å². The fourth-order valence-corrected chi connectivity index (χ4v) is 4.79.